The molecule has 1 aliphatic rings. The van der Waals surface area contributed by atoms with E-state index >= 15 is 0 Å². The molecule has 1 N–H and O–H groups in total. The highest BCUT2D eigenvalue weighted by Gasteiger charge is 2.17. The Morgan fingerprint density at radius 1 is 1.09 bits per heavy atom. The first-order valence-corrected chi connectivity index (χ1v) is 6.65. The van der Waals surface area contributed by atoms with E-state index in [9.17, 15) is 14.0 Å². The van der Waals surface area contributed by atoms with Gasteiger partial charge in [-0.3, -0.25) is 10.2 Å². The summed E-state index contributed by atoms with van der Waals surface area (Å²) in [6.07, 6.45) is 0. The zero-order valence-corrected chi connectivity index (χ0v) is 11.8. The molecule has 112 valence electrons. The SMILES string of the molecule is C/N=C1/CN(O)C(c2ccc(F)cc2)=c2cc(F)ccc2=N1. The maximum atomic E-state index is 13.6. The van der Waals surface area contributed by atoms with Crippen molar-refractivity contribution in [3.05, 3.63) is 70.2 Å². The number of halogens is 2. The van der Waals surface area contributed by atoms with Crippen molar-refractivity contribution in [2.45, 2.75) is 0 Å². The minimum Gasteiger partial charge on any atom is -0.288 e. The molecule has 3 rings (SSSR count). The van der Waals surface area contributed by atoms with Gasteiger partial charge in [-0.2, -0.15) is 0 Å². The van der Waals surface area contributed by atoms with Crippen LogP contribution in [0.15, 0.2) is 52.4 Å². The van der Waals surface area contributed by atoms with Gasteiger partial charge in [0.25, 0.3) is 0 Å². The Bertz CT molecular complexity index is 860. The number of nitrogens with zero attached hydrogens (tertiary/aromatic N) is 3. The molecule has 1 aliphatic heterocycles. The van der Waals surface area contributed by atoms with Crippen LogP contribution in [0.1, 0.15) is 5.56 Å². The smallest absolute Gasteiger partial charge is 0.145 e. The Morgan fingerprint density at radius 2 is 1.77 bits per heavy atom. The molecular formula is C16H13F2N3O. The van der Waals surface area contributed by atoms with Crippen LogP contribution in [-0.2, 0) is 0 Å². The van der Waals surface area contributed by atoms with Crippen LogP contribution in [0.3, 0.4) is 0 Å². The molecule has 0 radical (unpaired) electrons. The van der Waals surface area contributed by atoms with Gasteiger partial charge in [0.1, 0.15) is 24.0 Å². The Labute approximate surface area is 125 Å². The van der Waals surface area contributed by atoms with E-state index in [0.29, 0.717) is 27.7 Å². The molecule has 0 saturated heterocycles. The van der Waals surface area contributed by atoms with Crippen LogP contribution < -0.4 is 10.6 Å². The summed E-state index contributed by atoms with van der Waals surface area (Å²) in [5.41, 5.74) is 0.917. The summed E-state index contributed by atoms with van der Waals surface area (Å²) in [4.78, 5) is 8.33. The summed E-state index contributed by atoms with van der Waals surface area (Å²) in [6.45, 7) is 0.0551. The molecule has 1 heterocycles. The van der Waals surface area contributed by atoms with Gasteiger partial charge >= 0.3 is 0 Å². The van der Waals surface area contributed by atoms with Gasteiger partial charge in [0.05, 0.1) is 11.1 Å². The molecule has 2 aromatic rings. The van der Waals surface area contributed by atoms with E-state index in [4.69, 9.17) is 0 Å². The Hall–Kier alpha value is -2.60. The molecule has 0 saturated carbocycles. The standard InChI is InChI=1S/C16H13F2N3O/c1-19-15-9-21(22)16(10-2-4-11(17)5-3-10)13-8-12(18)6-7-14(13)20-15/h2-8,22H,9H2,1H3/b19-15-. The molecule has 0 aliphatic carbocycles. The number of rotatable bonds is 1. The first-order valence-electron chi connectivity index (χ1n) is 6.65. The molecule has 0 amide bonds. The first kappa shape index (κ1) is 14.3. The minimum atomic E-state index is -0.446. The van der Waals surface area contributed by atoms with Crippen LogP contribution in [-0.4, -0.2) is 29.7 Å². The second-order valence-corrected chi connectivity index (χ2v) is 4.83. The lowest BCUT2D eigenvalue weighted by Crippen LogP contribution is -2.32. The Morgan fingerprint density at radius 3 is 2.45 bits per heavy atom. The molecule has 0 fully saturated rings. The quantitative estimate of drug-likeness (QED) is 0.867. The van der Waals surface area contributed by atoms with E-state index in [1.807, 2.05) is 0 Å². The van der Waals surface area contributed by atoms with Crippen LogP contribution in [0.5, 0.6) is 0 Å². The molecule has 4 nitrogen and oxygen atoms in total. The third kappa shape index (κ3) is 2.60. The van der Waals surface area contributed by atoms with Crippen LogP contribution in [0, 0.1) is 11.6 Å². The average molecular weight is 301 g/mol. The van der Waals surface area contributed by atoms with Gasteiger partial charge in [-0.25, -0.2) is 18.8 Å². The summed E-state index contributed by atoms with van der Waals surface area (Å²) in [5, 5.41) is 12.2. The van der Waals surface area contributed by atoms with Crippen molar-refractivity contribution in [3.8, 4) is 0 Å². The van der Waals surface area contributed by atoms with E-state index < -0.39 is 5.82 Å². The Kier molecular flexibility index (Phi) is 3.68. The highest BCUT2D eigenvalue weighted by molar-refractivity contribution is 5.87. The normalized spacial score (nSPS) is 16.3. The predicted octanol–water partition coefficient (Wildman–Crippen LogP) is 1.47. The van der Waals surface area contributed by atoms with E-state index in [-0.39, 0.29) is 12.4 Å². The van der Waals surface area contributed by atoms with E-state index in [2.05, 4.69) is 9.98 Å². The van der Waals surface area contributed by atoms with Gasteiger partial charge in [-0.15, -0.1) is 0 Å². The predicted molar refractivity (Wildman–Crippen MR) is 77.9 cm³/mol. The molecule has 0 atom stereocenters. The van der Waals surface area contributed by atoms with Crippen molar-refractivity contribution < 1.29 is 14.0 Å². The first-order chi connectivity index (χ1) is 10.6. The van der Waals surface area contributed by atoms with Gasteiger partial charge in [0, 0.05) is 17.8 Å². The number of fused-ring (bicyclic) bond motifs is 1. The highest BCUT2D eigenvalue weighted by atomic mass is 19.1. The van der Waals surface area contributed by atoms with Crippen molar-refractivity contribution in [3.63, 3.8) is 0 Å². The molecule has 22 heavy (non-hydrogen) atoms. The fourth-order valence-corrected chi connectivity index (χ4v) is 2.35. The summed E-state index contributed by atoms with van der Waals surface area (Å²) >= 11 is 0. The fraction of sp³-hybridized carbons (Fsp3) is 0.125. The molecule has 6 heteroatoms. The summed E-state index contributed by atoms with van der Waals surface area (Å²) in [5.74, 6) is -0.422. The lowest BCUT2D eigenvalue weighted by atomic mass is 10.1. The molecule has 0 spiro atoms. The monoisotopic (exact) mass is 301 g/mol. The molecule has 0 unspecified atom stereocenters. The van der Waals surface area contributed by atoms with Gasteiger partial charge < -0.3 is 0 Å². The van der Waals surface area contributed by atoms with Gasteiger partial charge in [0.2, 0.25) is 0 Å². The fourth-order valence-electron chi connectivity index (χ4n) is 2.35. The zero-order chi connectivity index (χ0) is 15.7. The summed E-state index contributed by atoms with van der Waals surface area (Å²) in [6, 6.07) is 9.73. The number of hydroxylamine groups is 2. The number of hydrogen-bond acceptors (Lipinski definition) is 3. The number of aliphatic imine (C=N–C) groups is 1. The average Bonchev–Trinajstić information content (AvgIpc) is 2.64. The van der Waals surface area contributed by atoms with Crippen molar-refractivity contribution in [2.24, 2.45) is 9.98 Å². The topological polar surface area (TPSA) is 48.2 Å². The minimum absolute atomic E-state index is 0.0551. The molecule has 0 aromatic heterocycles. The number of hydrogen-bond donors (Lipinski definition) is 1. The third-order valence-electron chi connectivity index (χ3n) is 3.39. The molecule has 0 bridgehead atoms. The van der Waals surface area contributed by atoms with Crippen molar-refractivity contribution in [1.29, 1.82) is 0 Å². The molecular weight excluding hydrogens is 288 g/mol. The van der Waals surface area contributed by atoms with Crippen LogP contribution >= 0.6 is 0 Å². The van der Waals surface area contributed by atoms with Crippen LogP contribution in [0.2, 0.25) is 0 Å². The van der Waals surface area contributed by atoms with Crippen molar-refractivity contribution >= 4 is 11.5 Å². The maximum absolute atomic E-state index is 13.6. The number of benzene rings is 2. The van der Waals surface area contributed by atoms with Crippen molar-refractivity contribution in [1.82, 2.24) is 5.06 Å². The Balaban J connectivity index is 2.39. The van der Waals surface area contributed by atoms with E-state index in [1.165, 1.54) is 42.5 Å². The van der Waals surface area contributed by atoms with Gasteiger partial charge in [-0.1, -0.05) is 0 Å². The third-order valence-corrected chi connectivity index (χ3v) is 3.39. The maximum Gasteiger partial charge on any atom is 0.145 e. The van der Waals surface area contributed by atoms with E-state index in [0.717, 1.165) is 5.06 Å². The lowest BCUT2D eigenvalue weighted by molar-refractivity contribution is -0.0120. The number of amidine groups is 1. The highest BCUT2D eigenvalue weighted by Crippen LogP contribution is 2.16. The molecule has 2 aromatic carbocycles. The largest absolute Gasteiger partial charge is 0.288 e. The summed E-state index contributed by atoms with van der Waals surface area (Å²) < 4.78 is 26.8. The van der Waals surface area contributed by atoms with E-state index in [1.54, 1.807) is 7.05 Å². The lowest BCUT2D eigenvalue weighted by Gasteiger charge is -2.19. The second-order valence-electron chi connectivity index (χ2n) is 4.83. The van der Waals surface area contributed by atoms with Crippen LogP contribution in [0.4, 0.5) is 8.78 Å². The van der Waals surface area contributed by atoms with Gasteiger partial charge in [-0.05, 0) is 42.5 Å². The van der Waals surface area contributed by atoms with Gasteiger partial charge in [0.15, 0.2) is 0 Å². The second kappa shape index (κ2) is 5.65. The van der Waals surface area contributed by atoms with Crippen molar-refractivity contribution in [2.75, 3.05) is 13.6 Å². The summed E-state index contributed by atoms with van der Waals surface area (Å²) in [7, 11) is 1.57. The van der Waals surface area contributed by atoms with Crippen LogP contribution in [0.25, 0.3) is 5.70 Å². The zero-order valence-electron chi connectivity index (χ0n) is 11.8.